The molecule has 0 saturated carbocycles. The van der Waals surface area contributed by atoms with Gasteiger partial charge in [0.15, 0.2) is 0 Å². The van der Waals surface area contributed by atoms with Gasteiger partial charge in [-0.05, 0) is 12.0 Å². The van der Waals surface area contributed by atoms with Crippen LogP contribution in [0.4, 0.5) is 10.5 Å². The number of rotatable bonds is 3. The number of nitrogens with one attached hydrogen (secondary N) is 1. The van der Waals surface area contributed by atoms with Crippen LogP contribution in [0.1, 0.15) is 31.9 Å². The van der Waals surface area contributed by atoms with Crippen molar-refractivity contribution in [1.82, 2.24) is 4.90 Å². The molecule has 6 nitrogen and oxygen atoms in total. The van der Waals surface area contributed by atoms with Gasteiger partial charge in [-0.15, -0.1) is 0 Å². The van der Waals surface area contributed by atoms with Crippen molar-refractivity contribution >= 4 is 17.6 Å². The van der Waals surface area contributed by atoms with Crippen molar-refractivity contribution < 1.29 is 14.7 Å². The van der Waals surface area contributed by atoms with Crippen molar-refractivity contribution in [1.29, 1.82) is 0 Å². The smallest absolute Gasteiger partial charge is 0.316 e. The molecule has 0 aliphatic carbocycles. The molecular formula is C15H21N3O3. The molecule has 0 bridgehead atoms. The van der Waals surface area contributed by atoms with Crippen LogP contribution >= 0.6 is 0 Å². The number of primary amides is 1. The van der Waals surface area contributed by atoms with Gasteiger partial charge >= 0.3 is 6.03 Å². The summed E-state index contributed by atoms with van der Waals surface area (Å²) in [5, 5.41) is 12.6. The third-order valence-electron chi connectivity index (χ3n) is 4.09. The van der Waals surface area contributed by atoms with Crippen LogP contribution < -0.4 is 11.1 Å². The first-order valence-electron chi connectivity index (χ1n) is 7.09. The highest BCUT2D eigenvalue weighted by molar-refractivity contribution is 5.99. The molecule has 0 aromatic heterocycles. The maximum Gasteiger partial charge on any atom is 0.316 e. The van der Waals surface area contributed by atoms with Crippen LogP contribution in [-0.4, -0.2) is 34.6 Å². The van der Waals surface area contributed by atoms with Crippen LogP contribution in [0.25, 0.3) is 0 Å². The minimum absolute atomic E-state index is 0.0686. The number of urea groups is 1. The highest BCUT2D eigenvalue weighted by Gasteiger charge is 2.40. The lowest BCUT2D eigenvalue weighted by molar-refractivity contribution is -0.122. The molecule has 0 saturated heterocycles. The van der Waals surface area contributed by atoms with E-state index in [4.69, 9.17) is 5.73 Å². The second-order valence-corrected chi connectivity index (χ2v) is 5.35. The number of aliphatic hydroxyl groups excluding tert-OH is 1. The number of amides is 3. The molecule has 0 radical (unpaired) electrons. The zero-order valence-corrected chi connectivity index (χ0v) is 12.2. The maximum atomic E-state index is 12.5. The second-order valence-electron chi connectivity index (χ2n) is 5.35. The summed E-state index contributed by atoms with van der Waals surface area (Å²) in [6.45, 7) is 3.55. The van der Waals surface area contributed by atoms with Crippen LogP contribution in [0.2, 0.25) is 0 Å². The minimum Gasteiger partial charge on any atom is -0.394 e. The van der Waals surface area contributed by atoms with Crippen LogP contribution in [0, 0.1) is 5.92 Å². The van der Waals surface area contributed by atoms with E-state index in [1.54, 1.807) is 24.3 Å². The van der Waals surface area contributed by atoms with Crippen LogP contribution in [0.5, 0.6) is 0 Å². The van der Waals surface area contributed by atoms with E-state index in [1.807, 2.05) is 13.8 Å². The second kappa shape index (κ2) is 6.13. The summed E-state index contributed by atoms with van der Waals surface area (Å²) >= 11 is 0. The van der Waals surface area contributed by atoms with Crippen molar-refractivity contribution in [3.05, 3.63) is 29.8 Å². The molecule has 1 aliphatic rings. The lowest BCUT2D eigenvalue weighted by Gasteiger charge is -2.35. The van der Waals surface area contributed by atoms with Crippen molar-refractivity contribution in [2.45, 2.75) is 32.4 Å². The summed E-state index contributed by atoms with van der Waals surface area (Å²) < 4.78 is 0. The number of carbonyl (C=O) groups excluding carboxylic acids is 2. The average Bonchev–Trinajstić information content (AvgIpc) is 2.59. The van der Waals surface area contributed by atoms with Crippen molar-refractivity contribution in [2.24, 2.45) is 11.7 Å². The Hall–Kier alpha value is -2.08. The molecule has 3 unspecified atom stereocenters. The highest BCUT2D eigenvalue weighted by Crippen LogP contribution is 2.34. The Morgan fingerprint density at radius 2 is 2.14 bits per heavy atom. The normalized spacial score (nSPS) is 23.0. The van der Waals surface area contributed by atoms with Gasteiger partial charge in [-0.1, -0.05) is 38.5 Å². The van der Waals surface area contributed by atoms with E-state index in [0.29, 0.717) is 11.3 Å². The number of fused-ring (bicyclic) bond motifs is 1. The number of para-hydroxylation sites is 1. The van der Waals surface area contributed by atoms with Crippen LogP contribution in [0.15, 0.2) is 24.3 Å². The quantitative estimate of drug-likeness (QED) is 0.786. The lowest BCUT2D eigenvalue weighted by Crippen LogP contribution is -2.53. The predicted molar refractivity (Wildman–Crippen MR) is 79.6 cm³/mol. The van der Waals surface area contributed by atoms with E-state index >= 15 is 0 Å². The maximum absolute atomic E-state index is 12.5. The zero-order chi connectivity index (χ0) is 15.6. The van der Waals surface area contributed by atoms with Gasteiger partial charge in [0.25, 0.3) is 0 Å². The Bertz CT molecular complexity index is 547. The van der Waals surface area contributed by atoms with Crippen LogP contribution in [-0.2, 0) is 4.79 Å². The Labute approximate surface area is 123 Å². The SMILES string of the molecule is CCC(C)C1C(=O)Nc2ccccc2C(CO)N1C(N)=O. The molecule has 0 spiro atoms. The number of anilines is 1. The molecule has 1 heterocycles. The lowest BCUT2D eigenvalue weighted by atomic mass is 9.95. The van der Waals surface area contributed by atoms with Crippen LogP contribution in [0.3, 0.4) is 0 Å². The van der Waals surface area contributed by atoms with Gasteiger partial charge in [-0.2, -0.15) is 0 Å². The molecule has 3 atom stereocenters. The fourth-order valence-electron chi connectivity index (χ4n) is 2.81. The van der Waals surface area contributed by atoms with Crippen molar-refractivity contribution in [2.75, 3.05) is 11.9 Å². The Balaban J connectivity index is 2.57. The molecule has 1 aromatic carbocycles. The molecule has 3 amide bonds. The van der Waals surface area contributed by atoms with Gasteiger partial charge in [0, 0.05) is 11.3 Å². The van der Waals surface area contributed by atoms with Gasteiger partial charge in [0.2, 0.25) is 5.91 Å². The van der Waals surface area contributed by atoms with E-state index in [-0.39, 0.29) is 18.4 Å². The number of hydrogen-bond donors (Lipinski definition) is 3. The monoisotopic (exact) mass is 291 g/mol. The summed E-state index contributed by atoms with van der Waals surface area (Å²) in [7, 11) is 0. The predicted octanol–water partition coefficient (Wildman–Crippen LogP) is 1.47. The molecule has 114 valence electrons. The van der Waals surface area contributed by atoms with Gasteiger partial charge in [0.1, 0.15) is 6.04 Å². The summed E-state index contributed by atoms with van der Waals surface area (Å²) in [5.74, 6) is -0.340. The summed E-state index contributed by atoms with van der Waals surface area (Å²) in [4.78, 5) is 25.7. The Morgan fingerprint density at radius 3 is 2.71 bits per heavy atom. The molecule has 6 heteroatoms. The number of nitrogens with zero attached hydrogens (tertiary/aromatic N) is 1. The number of aliphatic hydroxyl groups is 1. The Kier molecular flexibility index (Phi) is 4.47. The first kappa shape index (κ1) is 15.3. The third-order valence-corrected chi connectivity index (χ3v) is 4.09. The minimum atomic E-state index is -0.703. The molecule has 21 heavy (non-hydrogen) atoms. The number of benzene rings is 1. The molecule has 4 N–H and O–H groups in total. The van der Waals surface area contributed by atoms with Gasteiger partial charge < -0.3 is 21.1 Å². The number of carbonyl (C=O) groups is 2. The van der Waals surface area contributed by atoms with E-state index in [1.165, 1.54) is 4.90 Å². The molecular weight excluding hydrogens is 270 g/mol. The summed E-state index contributed by atoms with van der Waals surface area (Å²) in [6, 6.07) is 5.11. The zero-order valence-electron chi connectivity index (χ0n) is 12.2. The fraction of sp³-hybridized carbons (Fsp3) is 0.467. The van der Waals surface area contributed by atoms with E-state index in [9.17, 15) is 14.7 Å². The molecule has 2 rings (SSSR count). The average molecular weight is 291 g/mol. The van der Waals surface area contributed by atoms with E-state index in [2.05, 4.69) is 5.32 Å². The topological polar surface area (TPSA) is 95.7 Å². The highest BCUT2D eigenvalue weighted by atomic mass is 16.3. The number of nitrogens with two attached hydrogens (primary N) is 1. The summed E-state index contributed by atoms with van der Waals surface area (Å²) in [6.07, 6.45) is 0.719. The standard InChI is InChI=1S/C15H21N3O3/c1-3-9(2)13-14(20)17-11-7-5-4-6-10(11)12(8-19)18(13)15(16)21/h4-7,9,12-13,19H,3,8H2,1-2H3,(H2,16,21)(H,17,20). The van der Waals surface area contributed by atoms with E-state index < -0.39 is 18.1 Å². The number of hydrogen-bond acceptors (Lipinski definition) is 3. The summed E-state index contributed by atoms with van der Waals surface area (Å²) in [5.41, 5.74) is 6.80. The fourth-order valence-corrected chi connectivity index (χ4v) is 2.81. The van der Waals surface area contributed by atoms with Crippen molar-refractivity contribution in [3.63, 3.8) is 0 Å². The van der Waals surface area contributed by atoms with E-state index in [0.717, 1.165) is 6.42 Å². The third kappa shape index (κ3) is 2.71. The Morgan fingerprint density at radius 1 is 1.48 bits per heavy atom. The first-order chi connectivity index (χ1) is 10.0. The largest absolute Gasteiger partial charge is 0.394 e. The molecule has 0 fully saturated rings. The molecule has 1 aliphatic heterocycles. The van der Waals surface area contributed by atoms with Gasteiger partial charge in [-0.3, -0.25) is 4.79 Å². The molecule has 1 aromatic rings. The van der Waals surface area contributed by atoms with Gasteiger partial charge in [-0.25, -0.2) is 4.79 Å². The first-order valence-corrected chi connectivity index (χ1v) is 7.09. The van der Waals surface area contributed by atoms with Crippen molar-refractivity contribution in [3.8, 4) is 0 Å². The van der Waals surface area contributed by atoms with Gasteiger partial charge in [0.05, 0.1) is 12.6 Å².